The molecule has 200 valence electrons. The SMILES string of the molecule is COCC(=O)Nc1ccc(N2C(=S)N[C@@H](c3ccccn3)[C@@H]2c2cc(C)n(Cc3cccnc3)c2C)cc1Cl. The Morgan fingerprint density at radius 1 is 1.15 bits per heavy atom. The number of aryl methyl sites for hydroxylation is 1. The molecule has 0 saturated carbocycles. The molecule has 0 bridgehead atoms. The highest BCUT2D eigenvalue weighted by atomic mass is 35.5. The maximum absolute atomic E-state index is 12.0. The van der Waals surface area contributed by atoms with Crippen LogP contribution in [0.3, 0.4) is 0 Å². The highest BCUT2D eigenvalue weighted by molar-refractivity contribution is 7.80. The summed E-state index contributed by atoms with van der Waals surface area (Å²) in [6.07, 6.45) is 5.47. The van der Waals surface area contributed by atoms with Gasteiger partial charge in [-0.1, -0.05) is 23.7 Å². The number of hydrogen-bond acceptors (Lipinski definition) is 5. The fraction of sp³-hybridized carbons (Fsp3) is 0.241. The predicted molar refractivity (Wildman–Crippen MR) is 157 cm³/mol. The zero-order valence-electron chi connectivity index (χ0n) is 21.9. The molecule has 2 atom stereocenters. The molecule has 3 aromatic heterocycles. The molecule has 1 saturated heterocycles. The van der Waals surface area contributed by atoms with Gasteiger partial charge in [0.1, 0.15) is 6.61 Å². The number of rotatable bonds is 8. The van der Waals surface area contributed by atoms with Crippen LogP contribution in [0.4, 0.5) is 11.4 Å². The van der Waals surface area contributed by atoms with E-state index in [2.05, 4.69) is 56.0 Å². The smallest absolute Gasteiger partial charge is 0.250 e. The average Bonchev–Trinajstić information content (AvgIpc) is 3.42. The highest BCUT2D eigenvalue weighted by Gasteiger charge is 2.42. The van der Waals surface area contributed by atoms with E-state index in [9.17, 15) is 4.79 Å². The Morgan fingerprint density at radius 2 is 2.00 bits per heavy atom. The summed E-state index contributed by atoms with van der Waals surface area (Å²) in [4.78, 5) is 23.1. The van der Waals surface area contributed by atoms with Crippen LogP contribution in [0.2, 0.25) is 5.02 Å². The number of carbonyl (C=O) groups is 1. The van der Waals surface area contributed by atoms with Crippen LogP contribution in [0.1, 0.15) is 40.3 Å². The van der Waals surface area contributed by atoms with E-state index >= 15 is 0 Å². The second-order valence-corrected chi connectivity index (χ2v) is 10.2. The molecule has 1 aliphatic rings. The minimum absolute atomic E-state index is 0.0549. The molecule has 1 amide bonds. The fourth-order valence-electron chi connectivity index (χ4n) is 5.07. The lowest BCUT2D eigenvalue weighted by Gasteiger charge is -2.28. The number of carbonyl (C=O) groups excluding carboxylic acids is 1. The highest BCUT2D eigenvalue weighted by Crippen LogP contribution is 2.44. The second-order valence-electron chi connectivity index (χ2n) is 9.42. The number of nitrogens with zero attached hydrogens (tertiary/aromatic N) is 4. The van der Waals surface area contributed by atoms with Crippen molar-refractivity contribution in [2.75, 3.05) is 23.9 Å². The third kappa shape index (κ3) is 5.52. The third-order valence-corrected chi connectivity index (χ3v) is 7.50. The largest absolute Gasteiger partial charge is 0.375 e. The number of methoxy groups -OCH3 is 1. The van der Waals surface area contributed by atoms with Crippen LogP contribution in [-0.2, 0) is 16.1 Å². The van der Waals surface area contributed by atoms with Gasteiger partial charge in [0.05, 0.1) is 28.5 Å². The van der Waals surface area contributed by atoms with E-state index in [-0.39, 0.29) is 24.6 Å². The summed E-state index contributed by atoms with van der Waals surface area (Å²) in [5.41, 5.74) is 6.73. The Morgan fingerprint density at radius 3 is 2.69 bits per heavy atom. The van der Waals surface area contributed by atoms with Crippen molar-refractivity contribution in [3.05, 3.63) is 106 Å². The van der Waals surface area contributed by atoms with Gasteiger partial charge < -0.3 is 24.8 Å². The van der Waals surface area contributed by atoms with E-state index in [1.807, 2.05) is 42.6 Å². The van der Waals surface area contributed by atoms with Crippen LogP contribution < -0.4 is 15.5 Å². The standard InChI is InChI=1S/C29H29ClN6O2S/c1-18-13-22(19(2)35(18)16-20-7-6-11-31-15-20)28-27(25-8-4-5-12-32-25)34-29(39)36(28)21-9-10-24(23(30)14-21)33-26(37)17-38-3/h4-15,27-28H,16-17H2,1-3H3,(H,33,37)(H,34,39)/t27-,28-/m0/s1. The third-order valence-electron chi connectivity index (χ3n) is 6.87. The molecule has 8 nitrogen and oxygen atoms in total. The lowest BCUT2D eigenvalue weighted by atomic mass is 9.96. The van der Waals surface area contributed by atoms with Crippen LogP contribution in [0.15, 0.2) is 73.2 Å². The van der Waals surface area contributed by atoms with E-state index in [0.29, 0.717) is 22.4 Å². The van der Waals surface area contributed by atoms with Crippen molar-refractivity contribution in [3.63, 3.8) is 0 Å². The van der Waals surface area contributed by atoms with Gasteiger partial charge >= 0.3 is 0 Å². The van der Waals surface area contributed by atoms with Gasteiger partial charge in [-0.2, -0.15) is 0 Å². The van der Waals surface area contributed by atoms with E-state index in [1.54, 1.807) is 18.5 Å². The average molecular weight is 561 g/mol. The van der Waals surface area contributed by atoms with Gasteiger partial charge in [0.2, 0.25) is 5.91 Å². The number of ether oxygens (including phenoxy) is 1. The summed E-state index contributed by atoms with van der Waals surface area (Å²) >= 11 is 12.5. The van der Waals surface area contributed by atoms with Crippen molar-refractivity contribution < 1.29 is 9.53 Å². The molecular formula is C29H29ClN6O2S. The lowest BCUT2D eigenvalue weighted by molar-refractivity contribution is -0.119. The molecule has 5 rings (SSSR count). The molecule has 0 unspecified atom stereocenters. The minimum atomic E-state index is -0.278. The van der Waals surface area contributed by atoms with E-state index in [0.717, 1.165) is 33.9 Å². The summed E-state index contributed by atoms with van der Waals surface area (Å²) < 4.78 is 7.21. The van der Waals surface area contributed by atoms with Crippen molar-refractivity contribution in [2.24, 2.45) is 0 Å². The van der Waals surface area contributed by atoms with Gasteiger partial charge in [0.25, 0.3) is 0 Å². The van der Waals surface area contributed by atoms with Gasteiger partial charge in [0.15, 0.2) is 5.11 Å². The Hall–Kier alpha value is -3.79. The van der Waals surface area contributed by atoms with Crippen LogP contribution in [0, 0.1) is 13.8 Å². The molecule has 1 aromatic carbocycles. The number of amides is 1. The number of aromatic nitrogens is 3. The number of anilines is 2. The molecule has 2 N–H and O–H groups in total. The van der Waals surface area contributed by atoms with Crippen molar-refractivity contribution in [1.29, 1.82) is 0 Å². The summed E-state index contributed by atoms with van der Waals surface area (Å²) in [7, 11) is 1.47. The van der Waals surface area contributed by atoms with Gasteiger partial charge in [-0.3, -0.25) is 14.8 Å². The lowest BCUT2D eigenvalue weighted by Crippen LogP contribution is -2.29. The molecule has 39 heavy (non-hydrogen) atoms. The van der Waals surface area contributed by atoms with Gasteiger partial charge in [-0.25, -0.2) is 0 Å². The molecule has 1 aliphatic heterocycles. The number of benzene rings is 1. The minimum Gasteiger partial charge on any atom is -0.375 e. The van der Waals surface area contributed by atoms with E-state index in [1.165, 1.54) is 7.11 Å². The summed E-state index contributed by atoms with van der Waals surface area (Å²) in [5, 5.41) is 7.26. The Balaban J connectivity index is 1.56. The maximum atomic E-state index is 12.0. The molecule has 0 radical (unpaired) electrons. The number of thiocarbonyl (C=S) groups is 1. The van der Waals surface area contributed by atoms with Gasteiger partial charge in [-0.15, -0.1) is 0 Å². The number of pyridine rings is 2. The van der Waals surface area contributed by atoms with Crippen LogP contribution in [-0.4, -0.2) is 39.3 Å². The topological polar surface area (TPSA) is 84.3 Å². The molecule has 4 heterocycles. The zero-order valence-corrected chi connectivity index (χ0v) is 23.5. The fourth-order valence-corrected chi connectivity index (χ4v) is 5.63. The normalized spacial score (nSPS) is 16.8. The van der Waals surface area contributed by atoms with Gasteiger partial charge in [0, 0.05) is 49.3 Å². The summed E-state index contributed by atoms with van der Waals surface area (Å²) in [6, 6.07) is 17.3. The quantitative estimate of drug-likeness (QED) is 0.281. The van der Waals surface area contributed by atoms with Crippen molar-refractivity contribution in [3.8, 4) is 0 Å². The molecule has 1 fully saturated rings. The Kier molecular flexibility index (Phi) is 7.92. The van der Waals surface area contributed by atoms with Gasteiger partial charge in [-0.05, 0) is 79.7 Å². The molecule has 0 aliphatic carbocycles. The van der Waals surface area contributed by atoms with Crippen LogP contribution in [0.5, 0.6) is 0 Å². The predicted octanol–water partition coefficient (Wildman–Crippen LogP) is 5.36. The van der Waals surface area contributed by atoms with Crippen molar-refractivity contribution in [1.82, 2.24) is 19.9 Å². The maximum Gasteiger partial charge on any atom is 0.250 e. The molecule has 10 heteroatoms. The Labute approximate surface area is 238 Å². The van der Waals surface area contributed by atoms with Crippen LogP contribution >= 0.6 is 23.8 Å². The van der Waals surface area contributed by atoms with E-state index < -0.39 is 0 Å². The Bertz CT molecular complexity index is 1490. The first-order valence-electron chi connectivity index (χ1n) is 12.5. The summed E-state index contributed by atoms with van der Waals surface area (Å²) in [5.74, 6) is -0.278. The van der Waals surface area contributed by atoms with Crippen molar-refractivity contribution in [2.45, 2.75) is 32.5 Å². The second kappa shape index (κ2) is 11.5. The first-order chi connectivity index (χ1) is 18.9. The number of hydrogen-bond donors (Lipinski definition) is 2. The molecular weight excluding hydrogens is 532 g/mol. The zero-order chi connectivity index (χ0) is 27.5. The summed E-state index contributed by atoms with van der Waals surface area (Å²) in [6.45, 7) is 4.91. The monoisotopic (exact) mass is 560 g/mol. The molecule has 4 aromatic rings. The van der Waals surface area contributed by atoms with E-state index in [4.69, 9.17) is 28.6 Å². The molecule has 0 spiro atoms. The van der Waals surface area contributed by atoms with Crippen LogP contribution in [0.25, 0.3) is 0 Å². The first-order valence-corrected chi connectivity index (χ1v) is 13.3. The number of nitrogens with one attached hydrogen (secondary N) is 2. The number of halogens is 1. The first kappa shape index (κ1) is 26.8. The van der Waals surface area contributed by atoms with Crippen molar-refractivity contribution >= 4 is 46.2 Å².